The van der Waals surface area contributed by atoms with E-state index in [0.29, 0.717) is 5.95 Å². The highest BCUT2D eigenvalue weighted by molar-refractivity contribution is 5.70. The quantitative estimate of drug-likeness (QED) is 0.907. The lowest BCUT2D eigenvalue weighted by Crippen LogP contribution is -2.04. The summed E-state index contributed by atoms with van der Waals surface area (Å²) in [7, 11) is 3.28. The summed E-state index contributed by atoms with van der Waals surface area (Å²) >= 11 is 0. The summed E-state index contributed by atoms with van der Waals surface area (Å²) in [5.41, 5.74) is 2.59. The number of nitrogens with one attached hydrogen (secondary N) is 1. The highest BCUT2D eigenvalue weighted by atomic mass is 16.5. The number of anilines is 1. The van der Waals surface area contributed by atoms with Crippen LogP contribution in [0.15, 0.2) is 24.3 Å². The van der Waals surface area contributed by atoms with Crippen molar-refractivity contribution in [2.75, 3.05) is 26.1 Å². The van der Waals surface area contributed by atoms with E-state index in [1.54, 1.807) is 14.2 Å². The molecule has 0 amide bonds. The largest absolute Gasteiger partial charge is 0.497 e. The van der Waals surface area contributed by atoms with Crippen LogP contribution in [0.25, 0.3) is 11.3 Å². The monoisotopic (exact) mass is 273 g/mol. The SMILES string of the molecule is CCNc1nc(C)cc(-c2cc(OC)ccc2OC)n1. The number of nitrogens with zero attached hydrogens (tertiary/aromatic N) is 2. The normalized spacial score (nSPS) is 10.2. The lowest BCUT2D eigenvalue weighted by atomic mass is 10.1. The zero-order valence-electron chi connectivity index (χ0n) is 12.2. The highest BCUT2D eigenvalue weighted by Crippen LogP contribution is 2.32. The molecule has 2 aromatic rings. The van der Waals surface area contributed by atoms with E-state index in [1.165, 1.54) is 0 Å². The fraction of sp³-hybridized carbons (Fsp3) is 0.333. The van der Waals surface area contributed by atoms with Crippen molar-refractivity contribution in [3.8, 4) is 22.8 Å². The molecule has 1 aromatic carbocycles. The lowest BCUT2D eigenvalue weighted by Gasteiger charge is -2.11. The maximum atomic E-state index is 5.40. The van der Waals surface area contributed by atoms with Gasteiger partial charge < -0.3 is 14.8 Å². The molecule has 1 heterocycles. The fourth-order valence-corrected chi connectivity index (χ4v) is 1.96. The van der Waals surface area contributed by atoms with Crippen LogP contribution in [0.4, 0.5) is 5.95 Å². The number of benzene rings is 1. The van der Waals surface area contributed by atoms with Crippen molar-refractivity contribution < 1.29 is 9.47 Å². The molecule has 106 valence electrons. The minimum absolute atomic E-state index is 0.618. The number of rotatable bonds is 5. The standard InChI is InChI=1S/C15H19N3O2/c1-5-16-15-17-10(2)8-13(18-15)12-9-11(19-3)6-7-14(12)20-4/h6-9H,5H2,1-4H3,(H,16,17,18). The Labute approximate surface area is 119 Å². The third kappa shape index (κ3) is 2.99. The minimum atomic E-state index is 0.618. The average Bonchev–Trinajstić information content (AvgIpc) is 2.46. The predicted octanol–water partition coefficient (Wildman–Crippen LogP) is 2.90. The first-order valence-electron chi connectivity index (χ1n) is 6.50. The second kappa shape index (κ2) is 6.23. The molecule has 0 radical (unpaired) electrons. The summed E-state index contributed by atoms with van der Waals surface area (Å²) in [5, 5.41) is 3.13. The van der Waals surface area contributed by atoms with E-state index in [1.807, 2.05) is 38.1 Å². The highest BCUT2D eigenvalue weighted by Gasteiger charge is 2.11. The van der Waals surface area contributed by atoms with Gasteiger partial charge in [0.25, 0.3) is 0 Å². The number of aromatic nitrogens is 2. The van der Waals surface area contributed by atoms with E-state index in [-0.39, 0.29) is 0 Å². The van der Waals surface area contributed by atoms with Crippen molar-refractivity contribution in [2.45, 2.75) is 13.8 Å². The first-order valence-corrected chi connectivity index (χ1v) is 6.50. The Hall–Kier alpha value is -2.30. The van der Waals surface area contributed by atoms with Crippen LogP contribution in [0.5, 0.6) is 11.5 Å². The van der Waals surface area contributed by atoms with Gasteiger partial charge in [0, 0.05) is 17.8 Å². The van der Waals surface area contributed by atoms with Crippen molar-refractivity contribution in [1.82, 2.24) is 9.97 Å². The van der Waals surface area contributed by atoms with Crippen LogP contribution in [0.3, 0.4) is 0 Å². The molecule has 5 heteroatoms. The summed E-state index contributed by atoms with van der Waals surface area (Å²) in [5.74, 6) is 2.14. The van der Waals surface area contributed by atoms with Gasteiger partial charge in [0.1, 0.15) is 11.5 Å². The van der Waals surface area contributed by atoms with Crippen molar-refractivity contribution in [3.05, 3.63) is 30.0 Å². The topological polar surface area (TPSA) is 56.3 Å². The molecular formula is C15H19N3O2. The first-order chi connectivity index (χ1) is 9.67. The first kappa shape index (κ1) is 14.1. The van der Waals surface area contributed by atoms with Crippen molar-refractivity contribution in [2.24, 2.45) is 0 Å². The summed E-state index contributed by atoms with van der Waals surface area (Å²) in [6.45, 7) is 4.73. The van der Waals surface area contributed by atoms with Gasteiger partial charge in [-0.3, -0.25) is 0 Å². The van der Waals surface area contributed by atoms with Crippen LogP contribution in [0.2, 0.25) is 0 Å². The Morgan fingerprint density at radius 3 is 2.55 bits per heavy atom. The van der Waals surface area contributed by atoms with Crippen LogP contribution in [0, 0.1) is 6.92 Å². The van der Waals surface area contributed by atoms with Gasteiger partial charge in [-0.2, -0.15) is 0 Å². The molecule has 0 fully saturated rings. The van der Waals surface area contributed by atoms with E-state index in [4.69, 9.17) is 9.47 Å². The maximum absolute atomic E-state index is 5.40. The van der Waals surface area contributed by atoms with E-state index in [2.05, 4.69) is 15.3 Å². The fourth-order valence-electron chi connectivity index (χ4n) is 1.96. The second-order valence-corrected chi connectivity index (χ2v) is 4.31. The molecule has 5 nitrogen and oxygen atoms in total. The molecular weight excluding hydrogens is 254 g/mol. The van der Waals surface area contributed by atoms with Gasteiger partial charge in [-0.1, -0.05) is 0 Å². The Bertz CT molecular complexity index is 600. The average molecular weight is 273 g/mol. The van der Waals surface area contributed by atoms with Crippen molar-refractivity contribution in [3.63, 3.8) is 0 Å². The number of hydrogen-bond acceptors (Lipinski definition) is 5. The summed E-state index contributed by atoms with van der Waals surface area (Å²) in [4.78, 5) is 8.87. The van der Waals surface area contributed by atoms with Gasteiger partial charge >= 0.3 is 0 Å². The molecule has 20 heavy (non-hydrogen) atoms. The van der Waals surface area contributed by atoms with Crippen LogP contribution in [-0.4, -0.2) is 30.7 Å². The molecule has 2 rings (SSSR count). The number of methoxy groups -OCH3 is 2. The van der Waals surface area contributed by atoms with Gasteiger partial charge in [0.2, 0.25) is 5.95 Å². The van der Waals surface area contributed by atoms with Gasteiger partial charge in [-0.25, -0.2) is 9.97 Å². The third-order valence-corrected chi connectivity index (χ3v) is 2.87. The molecule has 0 bridgehead atoms. The molecule has 0 spiro atoms. The summed E-state index contributed by atoms with van der Waals surface area (Å²) < 4.78 is 10.7. The molecule has 0 aliphatic heterocycles. The summed E-state index contributed by atoms with van der Waals surface area (Å²) in [6, 6.07) is 7.58. The minimum Gasteiger partial charge on any atom is -0.497 e. The smallest absolute Gasteiger partial charge is 0.223 e. The number of aryl methyl sites for hydroxylation is 1. The van der Waals surface area contributed by atoms with Crippen LogP contribution >= 0.6 is 0 Å². The maximum Gasteiger partial charge on any atom is 0.223 e. The third-order valence-electron chi connectivity index (χ3n) is 2.87. The summed E-state index contributed by atoms with van der Waals surface area (Å²) in [6.07, 6.45) is 0. The Morgan fingerprint density at radius 1 is 1.10 bits per heavy atom. The molecule has 0 saturated heterocycles. The predicted molar refractivity (Wildman–Crippen MR) is 79.5 cm³/mol. The molecule has 0 aliphatic carbocycles. The van der Waals surface area contributed by atoms with Gasteiger partial charge in [-0.15, -0.1) is 0 Å². The zero-order valence-corrected chi connectivity index (χ0v) is 12.2. The molecule has 0 aliphatic rings. The molecule has 0 saturated carbocycles. The number of ether oxygens (including phenoxy) is 2. The van der Waals surface area contributed by atoms with E-state index < -0.39 is 0 Å². The zero-order chi connectivity index (χ0) is 14.5. The van der Waals surface area contributed by atoms with Gasteiger partial charge in [0.05, 0.1) is 19.9 Å². The molecule has 1 aromatic heterocycles. The van der Waals surface area contributed by atoms with Crippen LogP contribution in [0.1, 0.15) is 12.6 Å². The van der Waals surface area contributed by atoms with Crippen molar-refractivity contribution in [1.29, 1.82) is 0 Å². The molecule has 0 atom stereocenters. The Kier molecular flexibility index (Phi) is 4.40. The van der Waals surface area contributed by atoms with E-state index in [9.17, 15) is 0 Å². The van der Waals surface area contributed by atoms with Crippen molar-refractivity contribution >= 4 is 5.95 Å². The molecule has 1 N–H and O–H groups in total. The van der Waals surface area contributed by atoms with E-state index >= 15 is 0 Å². The van der Waals surface area contributed by atoms with Crippen LogP contribution in [-0.2, 0) is 0 Å². The number of hydrogen-bond donors (Lipinski definition) is 1. The second-order valence-electron chi connectivity index (χ2n) is 4.31. The molecule has 0 unspecified atom stereocenters. The van der Waals surface area contributed by atoms with Gasteiger partial charge in [0.15, 0.2) is 0 Å². The van der Waals surface area contributed by atoms with E-state index in [0.717, 1.165) is 35.0 Å². The van der Waals surface area contributed by atoms with Crippen LogP contribution < -0.4 is 14.8 Å². The Balaban J connectivity index is 2.54. The van der Waals surface area contributed by atoms with Gasteiger partial charge in [-0.05, 0) is 38.1 Å². The lowest BCUT2D eigenvalue weighted by molar-refractivity contribution is 0.404. The Morgan fingerprint density at radius 2 is 1.90 bits per heavy atom.